The SMILES string of the molecule is CSc1cccc(NC(=S)N=Nc2c(O)n(Cc3ccccc3)c3ccccc23)c1. The number of thiocarbonyl (C=S) groups is 1. The highest BCUT2D eigenvalue weighted by Gasteiger charge is 2.16. The van der Waals surface area contributed by atoms with E-state index < -0.39 is 0 Å². The maximum Gasteiger partial charge on any atom is 0.221 e. The van der Waals surface area contributed by atoms with Crippen LogP contribution >= 0.6 is 24.0 Å². The Labute approximate surface area is 184 Å². The molecule has 0 atom stereocenters. The van der Waals surface area contributed by atoms with E-state index in [0.717, 1.165) is 27.0 Å². The van der Waals surface area contributed by atoms with Gasteiger partial charge in [0.1, 0.15) is 0 Å². The molecule has 3 aromatic carbocycles. The van der Waals surface area contributed by atoms with E-state index >= 15 is 0 Å². The molecule has 0 radical (unpaired) electrons. The standard InChI is InChI=1S/C23H20N4OS2/c1-30-18-11-7-10-17(14-18)24-23(29)26-25-21-19-12-5-6-13-20(19)27(22(21)28)15-16-8-3-2-4-9-16/h2-14,28H,15H2,1H3,(H,24,29). The van der Waals surface area contributed by atoms with E-state index in [0.29, 0.717) is 12.2 Å². The van der Waals surface area contributed by atoms with Crippen molar-refractivity contribution in [3.8, 4) is 5.88 Å². The zero-order valence-electron chi connectivity index (χ0n) is 16.3. The van der Waals surface area contributed by atoms with Gasteiger partial charge in [-0.25, -0.2) is 0 Å². The fourth-order valence-corrected chi connectivity index (χ4v) is 3.86. The van der Waals surface area contributed by atoms with Crippen LogP contribution in [0.3, 0.4) is 0 Å². The molecular formula is C23H20N4OS2. The predicted octanol–water partition coefficient (Wildman–Crippen LogP) is 6.60. The zero-order chi connectivity index (χ0) is 20.9. The van der Waals surface area contributed by atoms with Crippen molar-refractivity contribution in [3.63, 3.8) is 0 Å². The van der Waals surface area contributed by atoms with Gasteiger partial charge in [-0.15, -0.1) is 22.0 Å². The van der Waals surface area contributed by atoms with E-state index in [9.17, 15) is 5.11 Å². The van der Waals surface area contributed by atoms with Gasteiger partial charge in [0.25, 0.3) is 0 Å². The quantitative estimate of drug-likeness (QED) is 0.212. The minimum Gasteiger partial charge on any atom is -0.493 e. The van der Waals surface area contributed by atoms with E-state index in [1.165, 1.54) is 0 Å². The number of aromatic nitrogens is 1. The first-order valence-corrected chi connectivity index (χ1v) is 11.0. The number of hydrogen-bond donors (Lipinski definition) is 2. The number of para-hydroxylation sites is 1. The molecule has 4 rings (SSSR count). The normalized spacial score (nSPS) is 11.2. The van der Waals surface area contributed by atoms with Gasteiger partial charge in [0, 0.05) is 16.0 Å². The molecule has 0 saturated carbocycles. The van der Waals surface area contributed by atoms with Crippen LogP contribution in [0.4, 0.5) is 11.4 Å². The maximum atomic E-state index is 10.9. The molecule has 0 aliphatic carbocycles. The molecule has 0 spiro atoms. The summed E-state index contributed by atoms with van der Waals surface area (Å²) in [7, 11) is 0. The third kappa shape index (κ3) is 4.37. The van der Waals surface area contributed by atoms with Crippen LogP contribution in [0, 0.1) is 0 Å². The third-order valence-electron chi connectivity index (χ3n) is 4.66. The highest BCUT2D eigenvalue weighted by Crippen LogP contribution is 2.39. The largest absolute Gasteiger partial charge is 0.493 e. The van der Waals surface area contributed by atoms with Gasteiger partial charge < -0.3 is 15.0 Å². The highest BCUT2D eigenvalue weighted by atomic mass is 32.2. The lowest BCUT2D eigenvalue weighted by Crippen LogP contribution is -2.04. The summed E-state index contributed by atoms with van der Waals surface area (Å²) in [6.45, 7) is 0.535. The average Bonchev–Trinajstić information content (AvgIpc) is 3.04. The number of aromatic hydroxyl groups is 1. The van der Waals surface area contributed by atoms with Crippen molar-refractivity contribution >= 4 is 51.4 Å². The van der Waals surface area contributed by atoms with E-state index in [-0.39, 0.29) is 11.0 Å². The summed E-state index contributed by atoms with van der Waals surface area (Å²) in [5.74, 6) is 0.0657. The van der Waals surface area contributed by atoms with Gasteiger partial charge in [0.2, 0.25) is 11.0 Å². The molecule has 1 aromatic heterocycles. The second kappa shape index (κ2) is 9.11. The third-order valence-corrected chi connectivity index (χ3v) is 5.57. The number of nitrogens with one attached hydrogen (secondary N) is 1. The van der Waals surface area contributed by atoms with Gasteiger partial charge in [-0.1, -0.05) is 54.6 Å². The number of nitrogens with zero attached hydrogens (tertiary/aromatic N) is 3. The molecule has 4 aromatic rings. The Bertz CT molecular complexity index is 1220. The molecule has 0 aliphatic heterocycles. The van der Waals surface area contributed by atoms with Crippen LogP contribution in [0.2, 0.25) is 0 Å². The van der Waals surface area contributed by atoms with Crippen LogP contribution in [-0.2, 0) is 6.54 Å². The summed E-state index contributed by atoms with van der Waals surface area (Å²) >= 11 is 6.98. The number of rotatable bonds is 5. The Morgan fingerprint density at radius 1 is 1.03 bits per heavy atom. The molecule has 7 heteroatoms. The van der Waals surface area contributed by atoms with E-state index in [1.807, 2.05) is 89.7 Å². The lowest BCUT2D eigenvalue weighted by atomic mass is 10.2. The molecule has 0 bridgehead atoms. The molecular weight excluding hydrogens is 412 g/mol. The monoisotopic (exact) mass is 432 g/mol. The molecule has 2 N–H and O–H groups in total. The fourth-order valence-electron chi connectivity index (χ4n) is 3.24. The van der Waals surface area contributed by atoms with Gasteiger partial charge in [-0.2, -0.15) is 0 Å². The predicted molar refractivity (Wildman–Crippen MR) is 128 cm³/mol. The number of fused-ring (bicyclic) bond motifs is 1. The Morgan fingerprint density at radius 2 is 1.80 bits per heavy atom. The summed E-state index contributed by atoms with van der Waals surface area (Å²) < 4.78 is 1.83. The molecule has 1 heterocycles. The average molecular weight is 433 g/mol. The molecule has 150 valence electrons. The molecule has 5 nitrogen and oxygen atoms in total. The Kier molecular flexibility index (Phi) is 6.11. The van der Waals surface area contributed by atoms with Crippen molar-refractivity contribution in [2.24, 2.45) is 10.2 Å². The zero-order valence-corrected chi connectivity index (χ0v) is 18.0. The van der Waals surface area contributed by atoms with E-state index in [2.05, 4.69) is 15.5 Å². The van der Waals surface area contributed by atoms with Gasteiger partial charge in [-0.05, 0) is 48.3 Å². The van der Waals surface area contributed by atoms with Crippen LogP contribution in [0.25, 0.3) is 10.9 Å². The van der Waals surface area contributed by atoms with E-state index in [1.54, 1.807) is 11.8 Å². The first-order valence-electron chi connectivity index (χ1n) is 9.36. The van der Waals surface area contributed by atoms with Crippen molar-refractivity contribution in [2.75, 3.05) is 11.6 Å². The van der Waals surface area contributed by atoms with E-state index in [4.69, 9.17) is 12.2 Å². The first kappa shape index (κ1) is 20.1. The number of thioether (sulfide) groups is 1. The minimum atomic E-state index is 0.0657. The van der Waals surface area contributed by atoms with Crippen LogP contribution in [0.5, 0.6) is 5.88 Å². The van der Waals surface area contributed by atoms with Gasteiger partial charge >= 0.3 is 0 Å². The molecule has 30 heavy (non-hydrogen) atoms. The van der Waals surface area contributed by atoms with Crippen molar-refractivity contribution in [3.05, 3.63) is 84.4 Å². The summed E-state index contributed by atoms with van der Waals surface area (Å²) in [5, 5.41) is 23.4. The maximum absolute atomic E-state index is 10.9. The van der Waals surface area contributed by atoms with Gasteiger partial charge in [-0.3, -0.25) is 0 Å². The van der Waals surface area contributed by atoms with Crippen LogP contribution in [-0.4, -0.2) is 21.0 Å². The number of benzene rings is 3. The fraction of sp³-hybridized carbons (Fsp3) is 0.0870. The summed E-state index contributed by atoms with van der Waals surface area (Å²) in [5.41, 5.74) is 3.23. The van der Waals surface area contributed by atoms with Crippen LogP contribution in [0.1, 0.15) is 5.56 Å². The minimum absolute atomic E-state index is 0.0657. The van der Waals surface area contributed by atoms with Crippen molar-refractivity contribution < 1.29 is 5.11 Å². The molecule has 0 saturated heterocycles. The van der Waals surface area contributed by atoms with Crippen LogP contribution in [0.15, 0.2) is 94.0 Å². The first-order chi connectivity index (χ1) is 14.7. The lowest BCUT2D eigenvalue weighted by Gasteiger charge is -2.07. The summed E-state index contributed by atoms with van der Waals surface area (Å²) in [4.78, 5) is 1.13. The Hall–Kier alpha value is -3.16. The molecule has 0 fully saturated rings. The van der Waals surface area contributed by atoms with Crippen molar-refractivity contribution in [1.29, 1.82) is 0 Å². The van der Waals surface area contributed by atoms with Crippen molar-refractivity contribution in [2.45, 2.75) is 11.4 Å². The Morgan fingerprint density at radius 3 is 2.60 bits per heavy atom. The smallest absolute Gasteiger partial charge is 0.221 e. The topological polar surface area (TPSA) is 61.9 Å². The second-order valence-electron chi connectivity index (χ2n) is 6.62. The number of azo groups is 1. The number of anilines is 1. The van der Waals surface area contributed by atoms with Gasteiger partial charge in [0.15, 0.2) is 5.69 Å². The van der Waals surface area contributed by atoms with Gasteiger partial charge in [0.05, 0.1) is 12.1 Å². The van der Waals surface area contributed by atoms with Crippen molar-refractivity contribution in [1.82, 2.24) is 4.57 Å². The molecule has 0 amide bonds. The highest BCUT2D eigenvalue weighted by molar-refractivity contribution is 7.98. The lowest BCUT2D eigenvalue weighted by molar-refractivity contribution is 0.429. The Balaban J connectivity index is 1.62. The second-order valence-corrected chi connectivity index (χ2v) is 7.89. The summed E-state index contributed by atoms with van der Waals surface area (Å²) in [6.07, 6.45) is 2.02. The van der Waals surface area contributed by atoms with Crippen LogP contribution < -0.4 is 5.32 Å². The number of hydrogen-bond acceptors (Lipinski definition) is 4. The summed E-state index contributed by atoms with van der Waals surface area (Å²) in [6, 6.07) is 25.6. The molecule has 0 unspecified atom stereocenters. The molecule has 0 aliphatic rings.